The van der Waals surface area contributed by atoms with E-state index in [0.29, 0.717) is 5.39 Å². The summed E-state index contributed by atoms with van der Waals surface area (Å²) in [5.41, 5.74) is 1.62. The van der Waals surface area contributed by atoms with Crippen molar-refractivity contribution < 1.29 is 4.74 Å². The molecule has 4 rings (SSSR count). The predicted octanol–water partition coefficient (Wildman–Crippen LogP) is 3.48. The molecule has 0 fully saturated rings. The van der Waals surface area contributed by atoms with Gasteiger partial charge in [-0.1, -0.05) is 42.5 Å². The van der Waals surface area contributed by atoms with Crippen LogP contribution >= 0.6 is 0 Å². The summed E-state index contributed by atoms with van der Waals surface area (Å²) in [6.07, 6.45) is 0. The molecule has 0 unspecified atom stereocenters. The molecule has 0 saturated carbocycles. The van der Waals surface area contributed by atoms with E-state index in [9.17, 15) is 4.79 Å². The molecule has 0 aliphatic heterocycles. The van der Waals surface area contributed by atoms with Crippen LogP contribution in [0.1, 0.15) is 0 Å². The standard InChI is InChI=1S/C18H14N2O2/c1-22-16-11-15-17(14-10-6-5-9-13(14)16)18(21)19-20(15)12-7-3-2-4-8-12/h2-11H,1H3,(H,19,21). The third kappa shape index (κ3) is 1.74. The first-order chi connectivity index (χ1) is 10.8. The second kappa shape index (κ2) is 4.77. The van der Waals surface area contributed by atoms with Crippen LogP contribution in [-0.2, 0) is 0 Å². The molecule has 3 aromatic carbocycles. The van der Waals surface area contributed by atoms with Gasteiger partial charge in [-0.15, -0.1) is 0 Å². The van der Waals surface area contributed by atoms with Gasteiger partial charge in [-0.05, 0) is 12.1 Å². The minimum Gasteiger partial charge on any atom is -0.496 e. The first kappa shape index (κ1) is 12.7. The molecule has 4 aromatic rings. The third-order valence-corrected chi connectivity index (χ3v) is 3.90. The SMILES string of the molecule is COc1cc2c(c(=O)[nH]n2-c2ccccc2)c2ccccc12. The molecule has 0 atom stereocenters. The van der Waals surface area contributed by atoms with Gasteiger partial charge in [0.15, 0.2) is 0 Å². The molecular weight excluding hydrogens is 276 g/mol. The normalized spacial score (nSPS) is 11.1. The molecule has 0 saturated heterocycles. The number of hydrogen-bond donors (Lipinski definition) is 1. The Hall–Kier alpha value is -3.01. The third-order valence-electron chi connectivity index (χ3n) is 3.90. The number of rotatable bonds is 2. The number of benzene rings is 3. The zero-order valence-electron chi connectivity index (χ0n) is 12.0. The van der Waals surface area contributed by atoms with E-state index >= 15 is 0 Å². The van der Waals surface area contributed by atoms with Crippen LogP contribution in [0.25, 0.3) is 27.4 Å². The zero-order chi connectivity index (χ0) is 15.1. The van der Waals surface area contributed by atoms with E-state index in [2.05, 4.69) is 5.10 Å². The van der Waals surface area contributed by atoms with Gasteiger partial charge < -0.3 is 4.74 Å². The van der Waals surface area contributed by atoms with Crippen LogP contribution < -0.4 is 10.3 Å². The van der Waals surface area contributed by atoms with E-state index in [0.717, 1.165) is 27.7 Å². The summed E-state index contributed by atoms with van der Waals surface area (Å²) >= 11 is 0. The smallest absolute Gasteiger partial charge is 0.272 e. The van der Waals surface area contributed by atoms with Crippen LogP contribution in [-0.4, -0.2) is 16.9 Å². The van der Waals surface area contributed by atoms with Crippen molar-refractivity contribution in [3.63, 3.8) is 0 Å². The summed E-state index contributed by atoms with van der Waals surface area (Å²) in [5, 5.41) is 5.43. The summed E-state index contributed by atoms with van der Waals surface area (Å²) in [7, 11) is 1.64. The minimum atomic E-state index is -0.0993. The molecule has 4 nitrogen and oxygen atoms in total. The van der Waals surface area contributed by atoms with E-state index < -0.39 is 0 Å². The lowest BCUT2D eigenvalue weighted by Crippen LogP contribution is -2.03. The van der Waals surface area contributed by atoms with E-state index in [1.165, 1.54) is 0 Å². The highest BCUT2D eigenvalue weighted by Crippen LogP contribution is 2.32. The maximum atomic E-state index is 12.5. The Morgan fingerprint density at radius 1 is 0.955 bits per heavy atom. The molecular formula is C18H14N2O2. The predicted molar refractivity (Wildman–Crippen MR) is 88.0 cm³/mol. The van der Waals surface area contributed by atoms with E-state index in [1.807, 2.05) is 60.7 Å². The summed E-state index contributed by atoms with van der Waals surface area (Å²) in [6.45, 7) is 0. The van der Waals surface area contributed by atoms with Crippen molar-refractivity contribution in [3.05, 3.63) is 71.0 Å². The fraction of sp³-hybridized carbons (Fsp3) is 0.0556. The van der Waals surface area contributed by atoms with Gasteiger partial charge in [0.1, 0.15) is 5.75 Å². The molecule has 0 aliphatic carbocycles. The average molecular weight is 290 g/mol. The largest absolute Gasteiger partial charge is 0.496 e. The molecule has 1 N–H and O–H groups in total. The molecule has 0 amide bonds. The number of hydrogen-bond acceptors (Lipinski definition) is 2. The number of aromatic nitrogens is 2. The van der Waals surface area contributed by atoms with Gasteiger partial charge >= 0.3 is 0 Å². The molecule has 22 heavy (non-hydrogen) atoms. The topological polar surface area (TPSA) is 47.0 Å². The van der Waals surface area contributed by atoms with E-state index in [-0.39, 0.29) is 5.56 Å². The summed E-state index contributed by atoms with van der Waals surface area (Å²) in [4.78, 5) is 12.5. The van der Waals surface area contributed by atoms with Gasteiger partial charge in [-0.25, -0.2) is 0 Å². The number of ether oxygens (including phenoxy) is 1. The van der Waals surface area contributed by atoms with Crippen LogP contribution in [0.15, 0.2) is 65.5 Å². The molecule has 1 heterocycles. The Bertz CT molecular complexity index is 1030. The number of nitrogens with zero attached hydrogens (tertiary/aromatic N) is 1. The van der Waals surface area contributed by atoms with Gasteiger partial charge in [-0.2, -0.15) is 0 Å². The van der Waals surface area contributed by atoms with Gasteiger partial charge in [0.2, 0.25) is 0 Å². The molecule has 1 aromatic heterocycles. The van der Waals surface area contributed by atoms with Gasteiger partial charge in [0.05, 0.1) is 23.7 Å². The quantitative estimate of drug-likeness (QED) is 0.614. The van der Waals surface area contributed by atoms with Crippen molar-refractivity contribution in [3.8, 4) is 11.4 Å². The highest BCUT2D eigenvalue weighted by molar-refractivity contribution is 6.09. The van der Waals surface area contributed by atoms with Crippen LogP contribution in [0.2, 0.25) is 0 Å². The maximum absolute atomic E-state index is 12.5. The number of methoxy groups -OCH3 is 1. The van der Waals surface area contributed by atoms with Crippen molar-refractivity contribution in [2.75, 3.05) is 7.11 Å². The Balaban J connectivity index is 2.19. The van der Waals surface area contributed by atoms with E-state index in [4.69, 9.17) is 4.74 Å². The maximum Gasteiger partial charge on any atom is 0.272 e. The van der Waals surface area contributed by atoms with Crippen LogP contribution in [0, 0.1) is 0 Å². The number of para-hydroxylation sites is 1. The number of nitrogens with one attached hydrogen (secondary N) is 1. The van der Waals surface area contributed by atoms with Crippen molar-refractivity contribution in [1.29, 1.82) is 0 Å². The van der Waals surface area contributed by atoms with Crippen LogP contribution in [0.3, 0.4) is 0 Å². The lowest BCUT2D eigenvalue weighted by atomic mass is 10.1. The van der Waals surface area contributed by atoms with Crippen molar-refractivity contribution >= 4 is 21.7 Å². The molecule has 0 bridgehead atoms. The average Bonchev–Trinajstić information content (AvgIpc) is 2.92. The van der Waals surface area contributed by atoms with Gasteiger partial charge in [-0.3, -0.25) is 14.6 Å². The number of fused-ring (bicyclic) bond motifs is 3. The van der Waals surface area contributed by atoms with Crippen molar-refractivity contribution in [2.24, 2.45) is 0 Å². The first-order valence-corrected chi connectivity index (χ1v) is 7.05. The van der Waals surface area contributed by atoms with E-state index in [1.54, 1.807) is 11.8 Å². The van der Waals surface area contributed by atoms with Crippen molar-refractivity contribution in [2.45, 2.75) is 0 Å². The Morgan fingerprint density at radius 3 is 2.36 bits per heavy atom. The fourth-order valence-corrected chi connectivity index (χ4v) is 2.91. The highest BCUT2D eigenvalue weighted by atomic mass is 16.5. The Morgan fingerprint density at radius 2 is 1.64 bits per heavy atom. The number of H-pyrrole nitrogens is 1. The Kier molecular flexibility index (Phi) is 2.76. The summed E-state index contributed by atoms with van der Waals surface area (Å²) in [5.74, 6) is 0.756. The van der Waals surface area contributed by atoms with Gasteiger partial charge in [0, 0.05) is 16.8 Å². The second-order valence-corrected chi connectivity index (χ2v) is 5.13. The number of aromatic amines is 1. The highest BCUT2D eigenvalue weighted by Gasteiger charge is 2.14. The molecule has 108 valence electrons. The molecule has 0 aliphatic rings. The molecule has 0 spiro atoms. The lowest BCUT2D eigenvalue weighted by Gasteiger charge is -2.09. The fourth-order valence-electron chi connectivity index (χ4n) is 2.91. The first-order valence-electron chi connectivity index (χ1n) is 7.05. The zero-order valence-corrected chi connectivity index (χ0v) is 12.0. The second-order valence-electron chi connectivity index (χ2n) is 5.13. The summed E-state index contributed by atoms with van der Waals surface area (Å²) in [6, 6.07) is 19.4. The minimum absolute atomic E-state index is 0.0993. The van der Waals surface area contributed by atoms with Crippen LogP contribution in [0.5, 0.6) is 5.75 Å². The lowest BCUT2D eigenvalue weighted by molar-refractivity contribution is 0.420. The molecule has 4 heteroatoms. The monoisotopic (exact) mass is 290 g/mol. The Labute approximate surface area is 126 Å². The van der Waals surface area contributed by atoms with Gasteiger partial charge in [0.25, 0.3) is 5.56 Å². The molecule has 0 radical (unpaired) electrons. The van der Waals surface area contributed by atoms with Crippen molar-refractivity contribution in [1.82, 2.24) is 9.78 Å². The van der Waals surface area contributed by atoms with Crippen LogP contribution in [0.4, 0.5) is 0 Å². The summed E-state index contributed by atoms with van der Waals surface area (Å²) < 4.78 is 7.30.